The fourth-order valence-electron chi connectivity index (χ4n) is 2.46. The van der Waals surface area contributed by atoms with Crippen molar-refractivity contribution in [1.29, 1.82) is 0 Å². The van der Waals surface area contributed by atoms with Gasteiger partial charge in [0.2, 0.25) is 0 Å². The van der Waals surface area contributed by atoms with Crippen LogP contribution in [0.2, 0.25) is 0 Å². The lowest BCUT2D eigenvalue weighted by atomic mass is 10.2. The number of aryl methyl sites for hydroxylation is 1. The number of halogens is 1. The van der Waals surface area contributed by atoms with Crippen molar-refractivity contribution in [3.05, 3.63) is 61.5 Å². The van der Waals surface area contributed by atoms with E-state index in [0.717, 1.165) is 14.6 Å². The number of imidazole rings is 1. The average Bonchev–Trinajstić information content (AvgIpc) is 3.03. The van der Waals surface area contributed by atoms with E-state index >= 15 is 0 Å². The molecule has 1 N–H and O–H groups in total. The standard InChI is InChI=1S/C16H15BrN6O3/c1-21-14-13(15(25)22(2)16(21)26)23(9-18-14)8-12(24)20-19-7-10-5-3-4-6-11(10)17/h3-7,9H,8H2,1-2H3,(H,20,24)/b19-7-. The van der Waals surface area contributed by atoms with Crippen LogP contribution in [0, 0.1) is 0 Å². The van der Waals surface area contributed by atoms with E-state index in [-0.39, 0.29) is 17.7 Å². The normalized spacial score (nSPS) is 11.3. The van der Waals surface area contributed by atoms with E-state index in [4.69, 9.17) is 0 Å². The maximum atomic E-state index is 12.3. The van der Waals surface area contributed by atoms with E-state index in [2.05, 4.69) is 31.4 Å². The Kier molecular flexibility index (Phi) is 4.85. The van der Waals surface area contributed by atoms with Gasteiger partial charge in [-0.25, -0.2) is 15.2 Å². The van der Waals surface area contributed by atoms with E-state index in [0.29, 0.717) is 0 Å². The molecule has 0 aliphatic carbocycles. The van der Waals surface area contributed by atoms with Crippen LogP contribution in [-0.2, 0) is 25.4 Å². The van der Waals surface area contributed by atoms with Crippen LogP contribution < -0.4 is 16.7 Å². The van der Waals surface area contributed by atoms with Crippen LogP contribution in [0.5, 0.6) is 0 Å². The lowest BCUT2D eigenvalue weighted by molar-refractivity contribution is -0.121. The zero-order valence-corrected chi connectivity index (χ0v) is 15.6. The molecule has 0 bridgehead atoms. The summed E-state index contributed by atoms with van der Waals surface area (Å²) in [6.07, 6.45) is 2.86. The van der Waals surface area contributed by atoms with Crippen molar-refractivity contribution in [2.75, 3.05) is 0 Å². The van der Waals surface area contributed by atoms with Crippen LogP contribution in [0.3, 0.4) is 0 Å². The third kappa shape index (κ3) is 3.23. The summed E-state index contributed by atoms with van der Waals surface area (Å²) in [4.78, 5) is 40.4. The highest BCUT2D eigenvalue weighted by molar-refractivity contribution is 9.10. The molecule has 0 fully saturated rings. The van der Waals surface area contributed by atoms with Gasteiger partial charge in [0.15, 0.2) is 11.2 Å². The number of hydrogen-bond acceptors (Lipinski definition) is 5. The van der Waals surface area contributed by atoms with Crippen LogP contribution in [-0.4, -0.2) is 30.8 Å². The zero-order chi connectivity index (χ0) is 18.8. The highest BCUT2D eigenvalue weighted by Crippen LogP contribution is 2.13. The second-order valence-electron chi connectivity index (χ2n) is 5.57. The van der Waals surface area contributed by atoms with Crippen molar-refractivity contribution in [2.45, 2.75) is 6.54 Å². The maximum absolute atomic E-state index is 12.3. The minimum absolute atomic E-state index is 0.156. The smallest absolute Gasteiger partial charge is 0.315 e. The van der Waals surface area contributed by atoms with Crippen molar-refractivity contribution in [3.8, 4) is 0 Å². The van der Waals surface area contributed by atoms with E-state index in [9.17, 15) is 14.4 Å². The Hall–Kier alpha value is -3.01. The van der Waals surface area contributed by atoms with E-state index in [1.165, 1.54) is 35.8 Å². The van der Waals surface area contributed by atoms with E-state index in [1.807, 2.05) is 24.3 Å². The monoisotopic (exact) mass is 418 g/mol. The number of hydrazone groups is 1. The van der Waals surface area contributed by atoms with Gasteiger partial charge in [-0.2, -0.15) is 5.10 Å². The first kappa shape index (κ1) is 17.8. The molecule has 1 amide bonds. The summed E-state index contributed by atoms with van der Waals surface area (Å²) in [5.41, 5.74) is 2.63. The van der Waals surface area contributed by atoms with Crippen LogP contribution >= 0.6 is 15.9 Å². The summed E-state index contributed by atoms with van der Waals surface area (Å²) in [5.74, 6) is -0.427. The number of aromatic nitrogens is 4. The van der Waals surface area contributed by atoms with Gasteiger partial charge in [-0.15, -0.1) is 0 Å². The van der Waals surface area contributed by atoms with Crippen molar-refractivity contribution in [2.24, 2.45) is 19.2 Å². The topological polar surface area (TPSA) is 103 Å². The molecule has 10 heteroatoms. The lowest BCUT2D eigenvalue weighted by Gasteiger charge is -2.06. The predicted molar refractivity (Wildman–Crippen MR) is 100 cm³/mol. The second kappa shape index (κ2) is 7.08. The summed E-state index contributed by atoms with van der Waals surface area (Å²) in [6, 6.07) is 7.43. The highest BCUT2D eigenvalue weighted by atomic mass is 79.9. The van der Waals surface area contributed by atoms with Gasteiger partial charge in [0.25, 0.3) is 11.5 Å². The first-order valence-electron chi connectivity index (χ1n) is 7.57. The Bertz CT molecular complexity index is 1140. The van der Waals surface area contributed by atoms with Gasteiger partial charge < -0.3 is 4.57 Å². The number of benzene rings is 1. The maximum Gasteiger partial charge on any atom is 0.332 e. The Morgan fingerprint density at radius 2 is 2.00 bits per heavy atom. The minimum Gasteiger partial charge on any atom is -0.315 e. The number of carbonyl (C=O) groups excluding carboxylic acids is 1. The Balaban J connectivity index is 1.81. The Labute approximate surface area is 155 Å². The molecule has 0 saturated carbocycles. The number of nitrogens with zero attached hydrogens (tertiary/aromatic N) is 5. The van der Waals surface area contributed by atoms with Gasteiger partial charge in [0.1, 0.15) is 6.54 Å². The molecule has 0 radical (unpaired) electrons. The third-order valence-corrected chi connectivity index (χ3v) is 4.55. The van der Waals surface area contributed by atoms with Gasteiger partial charge in [-0.3, -0.25) is 18.7 Å². The average molecular weight is 419 g/mol. The van der Waals surface area contributed by atoms with Gasteiger partial charge in [0.05, 0.1) is 12.5 Å². The Morgan fingerprint density at radius 1 is 1.27 bits per heavy atom. The zero-order valence-electron chi connectivity index (χ0n) is 14.0. The van der Waals surface area contributed by atoms with Gasteiger partial charge in [-0.05, 0) is 6.07 Å². The van der Waals surface area contributed by atoms with Gasteiger partial charge >= 0.3 is 5.69 Å². The van der Waals surface area contributed by atoms with Crippen LogP contribution in [0.4, 0.5) is 0 Å². The molecule has 0 unspecified atom stereocenters. The molecule has 2 heterocycles. The molecule has 134 valence electrons. The number of carbonyl (C=O) groups is 1. The Morgan fingerprint density at radius 3 is 2.73 bits per heavy atom. The number of amides is 1. The van der Waals surface area contributed by atoms with Crippen molar-refractivity contribution in [3.63, 3.8) is 0 Å². The van der Waals surface area contributed by atoms with E-state index < -0.39 is 17.2 Å². The molecular weight excluding hydrogens is 404 g/mol. The van der Waals surface area contributed by atoms with Crippen molar-refractivity contribution < 1.29 is 4.79 Å². The molecule has 0 aliphatic rings. The predicted octanol–water partition coefficient (Wildman–Crippen LogP) is 0.347. The molecule has 3 aromatic rings. The van der Waals surface area contributed by atoms with Crippen molar-refractivity contribution in [1.82, 2.24) is 24.1 Å². The molecule has 2 aromatic heterocycles. The third-order valence-electron chi connectivity index (χ3n) is 3.83. The van der Waals surface area contributed by atoms with Gasteiger partial charge in [-0.1, -0.05) is 34.1 Å². The molecule has 0 aliphatic heterocycles. The molecule has 26 heavy (non-hydrogen) atoms. The van der Waals surface area contributed by atoms with Crippen LogP contribution in [0.1, 0.15) is 5.56 Å². The molecule has 0 atom stereocenters. The summed E-state index contributed by atoms with van der Waals surface area (Å²) < 4.78 is 4.48. The van der Waals surface area contributed by atoms with Crippen LogP contribution in [0.25, 0.3) is 11.2 Å². The second-order valence-corrected chi connectivity index (χ2v) is 6.42. The summed E-state index contributed by atoms with van der Waals surface area (Å²) in [5, 5.41) is 3.91. The SMILES string of the molecule is Cn1c(=O)c2c(ncn2CC(=O)N/N=C\c2ccccc2Br)n(C)c1=O. The summed E-state index contributed by atoms with van der Waals surface area (Å²) in [7, 11) is 2.90. The molecular formula is C16H15BrN6O3. The van der Waals surface area contributed by atoms with E-state index in [1.54, 1.807) is 0 Å². The number of fused-ring (bicyclic) bond motifs is 1. The first-order valence-corrected chi connectivity index (χ1v) is 8.36. The summed E-state index contributed by atoms with van der Waals surface area (Å²) >= 11 is 3.39. The first-order chi connectivity index (χ1) is 12.4. The minimum atomic E-state index is -0.509. The fraction of sp³-hybridized carbons (Fsp3) is 0.188. The number of nitrogens with one attached hydrogen (secondary N) is 1. The molecule has 9 nitrogen and oxygen atoms in total. The fourth-order valence-corrected chi connectivity index (χ4v) is 2.85. The molecule has 3 rings (SSSR count). The van der Waals surface area contributed by atoms with Crippen molar-refractivity contribution >= 4 is 39.2 Å². The molecule has 0 saturated heterocycles. The number of hydrogen-bond donors (Lipinski definition) is 1. The largest absolute Gasteiger partial charge is 0.332 e. The number of rotatable bonds is 4. The summed E-state index contributed by atoms with van der Waals surface area (Å²) in [6.45, 7) is -0.156. The molecule has 0 spiro atoms. The van der Waals surface area contributed by atoms with Gasteiger partial charge in [0, 0.05) is 24.1 Å². The lowest BCUT2D eigenvalue weighted by Crippen LogP contribution is -2.38. The quantitative estimate of drug-likeness (QED) is 0.487. The van der Waals surface area contributed by atoms with Crippen LogP contribution in [0.15, 0.2) is 49.8 Å². The molecule has 1 aromatic carbocycles. The highest BCUT2D eigenvalue weighted by Gasteiger charge is 2.15.